The number of rotatable bonds is 3. The Bertz CT molecular complexity index is 602. The fourth-order valence-electron chi connectivity index (χ4n) is 1.70. The van der Waals surface area contributed by atoms with E-state index in [2.05, 4.69) is 31.2 Å². The molecule has 1 N–H and O–H groups in total. The first-order chi connectivity index (χ1) is 8.99. The topological polar surface area (TPSA) is 37.8 Å². The van der Waals surface area contributed by atoms with Crippen LogP contribution in [0.25, 0.3) is 0 Å². The summed E-state index contributed by atoms with van der Waals surface area (Å²) in [5.74, 6) is 0.931. The van der Waals surface area contributed by atoms with Crippen molar-refractivity contribution in [3.63, 3.8) is 0 Å². The minimum Gasteiger partial charge on any atom is -0.339 e. The van der Waals surface area contributed by atoms with Crippen molar-refractivity contribution in [3.05, 3.63) is 44.7 Å². The summed E-state index contributed by atoms with van der Waals surface area (Å²) in [7, 11) is 0. The Labute approximate surface area is 130 Å². The normalized spacial score (nSPS) is 10.8. The van der Waals surface area contributed by atoms with Gasteiger partial charge in [-0.15, -0.1) is 0 Å². The number of anilines is 2. The maximum atomic E-state index is 6.13. The molecular formula is C13H12BrCl2N3. The number of benzene rings is 1. The highest BCUT2D eigenvalue weighted by Gasteiger charge is 2.14. The van der Waals surface area contributed by atoms with E-state index < -0.39 is 0 Å². The van der Waals surface area contributed by atoms with Crippen LogP contribution in [0, 0.1) is 0 Å². The standard InChI is InChI=1S/C13H12BrCl2N3/c1-7(2)11-12(16)17-6-18-13(11)19-10-4-3-8(15)5-9(10)14/h3-7H,1-2H3,(H,17,18,19). The van der Waals surface area contributed by atoms with E-state index in [1.54, 1.807) is 0 Å². The van der Waals surface area contributed by atoms with Gasteiger partial charge in [0.1, 0.15) is 17.3 Å². The van der Waals surface area contributed by atoms with E-state index in [4.69, 9.17) is 23.2 Å². The first-order valence-corrected chi connectivity index (χ1v) is 7.26. The molecule has 0 radical (unpaired) electrons. The first kappa shape index (κ1) is 14.6. The van der Waals surface area contributed by atoms with Crippen molar-refractivity contribution in [2.45, 2.75) is 19.8 Å². The van der Waals surface area contributed by atoms with E-state index in [1.807, 2.05) is 32.0 Å². The lowest BCUT2D eigenvalue weighted by Crippen LogP contribution is -2.03. The molecule has 0 aliphatic rings. The maximum absolute atomic E-state index is 6.13. The lowest BCUT2D eigenvalue weighted by molar-refractivity contribution is 0.850. The zero-order valence-electron chi connectivity index (χ0n) is 10.4. The molecule has 0 unspecified atom stereocenters. The third-order valence-electron chi connectivity index (χ3n) is 2.60. The van der Waals surface area contributed by atoms with Crippen molar-refractivity contribution in [1.29, 1.82) is 0 Å². The minimum atomic E-state index is 0.224. The second kappa shape index (κ2) is 6.07. The zero-order valence-corrected chi connectivity index (χ0v) is 13.5. The van der Waals surface area contributed by atoms with Crippen molar-refractivity contribution in [2.24, 2.45) is 0 Å². The van der Waals surface area contributed by atoms with Gasteiger partial charge in [-0.25, -0.2) is 9.97 Å². The second-order valence-corrected chi connectivity index (χ2v) is 5.98. The molecule has 0 fully saturated rings. The first-order valence-electron chi connectivity index (χ1n) is 5.71. The molecule has 3 nitrogen and oxygen atoms in total. The Morgan fingerprint density at radius 1 is 1.21 bits per heavy atom. The Hall–Kier alpha value is -0.840. The van der Waals surface area contributed by atoms with Gasteiger partial charge in [-0.3, -0.25) is 0 Å². The molecule has 100 valence electrons. The average Bonchev–Trinajstić information content (AvgIpc) is 2.32. The predicted molar refractivity (Wildman–Crippen MR) is 83.6 cm³/mol. The highest BCUT2D eigenvalue weighted by molar-refractivity contribution is 9.10. The van der Waals surface area contributed by atoms with Gasteiger partial charge in [-0.2, -0.15) is 0 Å². The highest BCUT2D eigenvalue weighted by atomic mass is 79.9. The van der Waals surface area contributed by atoms with Crippen LogP contribution in [0.15, 0.2) is 29.0 Å². The second-order valence-electron chi connectivity index (χ2n) is 4.33. The van der Waals surface area contributed by atoms with Gasteiger partial charge in [0.05, 0.1) is 5.69 Å². The van der Waals surface area contributed by atoms with Crippen molar-refractivity contribution < 1.29 is 0 Å². The third-order valence-corrected chi connectivity index (χ3v) is 3.79. The lowest BCUT2D eigenvalue weighted by Gasteiger charge is -2.15. The SMILES string of the molecule is CC(C)c1c(Cl)ncnc1Nc1ccc(Cl)cc1Br. The minimum absolute atomic E-state index is 0.224. The van der Waals surface area contributed by atoms with Gasteiger partial charge in [0.15, 0.2) is 0 Å². The molecular weight excluding hydrogens is 349 g/mol. The number of hydrogen-bond acceptors (Lipinski definition) is 3. The Kier molecular flexibility index (Phi) is 4.66. The number of hydrogen-bond donors (Lipinski definition) is 1. The van der Waals surface area contributed by atoms with Crippen LogP contribution in [0.2, 0.25) is 10.2 Å². The molecule has 0 amide bonds. The fraction of sp³-hybridized carbons (Fsp3) is 0.231. The van der Waals surface area contributed by atoms with E-state index in [0.29, 0.717) is 16.0 Å². The summed E-state index contributed by atoms with van der Waals surface area (Å²) in [4.78, 5) is 8.28. The van der Waals surface area contributed by atoms with Gasteiger partial charge in [0.2, 0.25) is 0 Å². The summed E-state index contributed by atoms with van der Waals surface area (Å²) in [6, 6.07) is 5.51. The number of halogens is 3. The molecule has 0 saturated carbocycles. The Morgan fingerprint density at radius 3 is 2.58 bits per heavy atom. The van der Waals surface area contributed by atoms with Gasteiger partial charge >= 0.3 is 0 Å². The molecule has 0 aliphatic carbocycles. The molecule has 19 heavy (non-hydrogen) atoms. The monoisotopic (exact) mass is 359 g/mol. The number of nitrogens with one attached hydrogen (secondary N) is 1. The summed E-state index contributed by atoms with van der Waals surface area (Å²) in [5.41, 5.74) is 1.77. The van der Waals surface area contributed by atoms with E-state index in [0.717, 1.165) is 15.7 Å². The molecule has 0 spiro atoms. The van der Waals surface area contributed by atoms with E-state index in [1.165, 1.54) is 6.33 Å². The van der Waals surface area contributed by atoms with Crippen LogP contribution in [0.3, 0.4) is 0 Å². The molecule has 1 heterocycles. The van der Waals surface area contributed by atoms with Crippen LogP contribution in [0.5, 0.6) is 0 Å². The highest BCUT2D eigenvalue weighted by Crippen LogP contribution is 2.33. The van der Waals surface area contributed by atoms with Crippen LogP contribution in [0.4, 0.5) is 11.5 Å². The maximum Gasteiger partial charge on any atom is 0.138 e. The van der Waals surface area contributed by atoms with Crippen molar-refractivity contribution in [2.75, 3.05) is 5.32 Å². The van der Waals surface area contributed by atoms with Crippen LogP contribution in [-0.2, 0) is 0 Å². The smallest absolute Gasteiger partial charge is 0.138 e. The summed E-state index contributed by atoms with van der Waals surface area (Å²) >= 11 is 15.5. The summed E-state index contributed by atoms with van der Waals surface area (Å²) < 4.78 is 0.865. The largest absolute Gasteiger partial charge is 0.339 e. The van der Waals surface area contributed by atoms with Crippen LogP contribution in [0.1, 0.15) is 25.3 Å². The van der Waals surface area contributed by atoms with Crippen molar-refractivity contribution in [1.82, 2.24) is 9.97 Å². The molecule has 0 atom stereocenters. The predicted octanol–water partition coefficient (Wildman–Crippen LogP) is 5.41. The molecule has 0 saturated heterocycles. The Morgan fingerprint density at radius 2 is 1.95 bits per heavy atom. The quantitative estimate of drug-likeness (QED) is 0.743. The van der Waals surface area contributed by atoms with Crippen molar-refractivity contribution >= 4 is 50.6 Å². The molecule has 6 heteroatoms. The van der Waals surface area contributed by atoms with Crippen LogP contribution >= 0.6 is 39.1 Å². The zero-order chi connectivity index (χ0) is 14.0. The number of nitrogens with zero attached hydrogens (tertiary/aromatic N) is 2. The molecule has 1 aromatic carbocycles. The van der Waals surface area contributed by atoms with Gasteiger partial charge < -0.3 is 5.32 Å². The summed E-state index contributed by atoms with van der Waals surface area (Å²) in [6.45, 7) is 4.10. The van der Waals surface area contributed by atoms with Crippen molar-refractivity contribution in [3.8, 4) is 0 Å². The van der Waals surface area contributed by atoms with Crippen LogP contribution in [-0.4, -0.2) is 9.97 Å². The third kappa shape index (κ3) is 3.38. The Balaban J connectivity index is 2.41. The van der Waals surface area contributed by atoms with E-state index in [-0.39, 0.29) is 5.92 Å². The summed E-state index contributed by atoms with van der Waals surface area (Å²) in [6.07, 6.45) is 1.44. The van der Waals surface area contributed by atoms with E-state index in [9.17, 15) is 0 Å². The molecule has 2 rings (SSSR count). The van der Waals surface area contributed by atoms with Gasteiger partial charge in [-0.05, 0) is 40.0 Å². The van der Waals surface area contributed by atoms with Gasteiger partial charge in [0, 0.05) is 15.1 Å². The molecule has 0 aliphatic heterocycles. The van der Waals surface area contributed by atoms with Crippen LogP contribution < -0.4 is 5.32 Å². The van der Waals surface area contributed by atoms with Gasteiger partial charge in [-0.1, -0.05) is 37.0 Å². The van der Waals surface area contributed by atoms with E-state index >= 15 is 0 Å². The molecule has 2 aromatic rings. The lowest BCUT2D eigenvalue weighted by atomic mass is 10.1. The number of aromatic nitrogens is 2. The molecule has 1 aromatic heterocycles. The molecule has 0 bridgehead atoms. The fourth-order valence-corrected chi connectivity index (χ4v) is 2.84. The van der Waals surface area contributed by atoms with Gasteiger partial charge in [0.25, 0.3) is 0 Å². The summed E-state index contributed by atoms with van der Waals surface area (Å²) in [5, 5.41) is 4.39. The average molecular weight is 361 g/mol.